The minimum absolute atomic E-state index is 0.165. The average Bonchev–Trinajstić information content (AvgIpc) is 2.95. The molecule has 3 nitrogen and oxygen atoms in total. The van der Waals surface area contributed by atoms with Crippen LogP contribution in [0.1, 0.15) is 49.7 Å². The van der Waals surface area contributed by atoms with Crippen LogP contribution in [0.15, 0.2) is 24.3 Å². The summed E-state index contributed by atoms with van der Waals surface area (Å²) >= 11 is 17.3. The maximum absolute atomic E-state index is 12.9. The molecule has 2 aliphatic carbocycles. The van der Waals surface area contributed by atoms with Gasteiger partial charge >= 0.3 is 6.09 Å². The molecule has 0 radical (unpaired) electrons. The number of carbonyl (C=O) groups excluding carboxylic acids is 1. The average molecular weight is 403 g/mol. The number of hydrogen-bond acceptors (Lipinski definition) is 2. The fourth-order valence-electron chi connectivity index (χ4n) is 5.59. The SMILES string of the molecule is O=C(OCC(Cl)(Cl)Cl)N1CCC23CCCCC12c1ccccc1CC3. The van der Waals surface area contributed by atoms with Crippen molar-refractivity contribution in [3.05, 3.63) is 35.4 Å². The molecule has 2 fully saturated rings. The minimum Gasteiger partial charge on any atom is -0.445 e. The van der Waals surface area contributed by atoms with Gasteiger partial charge in [0.25, 0.3) is 0 Å². The zero-order valence-electron chi connectivity index (χ0n) is 14.1. The lowest BCUT2D eigenvalue weighted by Gasteiger charge is -2.56. The number of alkyl halides is 3. The molecule has 2 atom stereocenters. The van der Waals surface area contributed by atoms with Crippen molar-refractivity contribution in [3.8, 4) is 0 Å². The van der Waals surface area contributed by atoms with E-state index in [0.29, 0.717) is 6.54 Å². The van der Waals surface area contributed by atoms with Crippen molar-refractivity contribution in [1.29, 1.82) is 0 Å². The van der Waals surface area contributed by atoms with Crippen LogP contribution >= 0.6 is 34.8 Å². The van der Waals surface area contributed by atoms with Crippen LogP contribution in [-0.2, 0) is 16.7 Å². The molecule has 1 aromatic carbocycles. The van der Waals surface area contributed by atoms with Crippen LogP contribution in [0.5, 0.6) is 0 Å². The van der Waals surface area contributed by atoms with Gasteiger partial charge in [-0.15, -0.1) is 0 Å². The van der Waals surface area contributed by atoms with E-state index in [2.05, 4.69) is 24.3 Å². The lowest BCUT2D eigenvalue weighted by molar-refractivity contribution is -0.0241. The van der Waals surface area contributed by atoms with Crippen LogP contribution < -0.4 is 0 Å². The summed E-state index contributed by atoms with van der Waals surface area (Å²) in [5.74, 6) is 0. The third-order valence-corrected chi connectivity index (χ3v) is 6.84. The molecule has 3 aliphatic rings. The van der Waals surface area contributed by atoms with Gasteiger partial charge < -0.3 is 4.74 Å². The predicted molar refractivity (Wildman–Crippen MR) is 100 cm³/mol. The lowest BCUT2D eigenvalue weighted by atomic mass is 9.53. The fraction of sp³-hybridized carbons (Fsp3) is 0.632. The zero-order chi connectivity index (χ0) is 17.7. The van der Waals surface area contributed by atoms with Gasteiger partial charge in [-0.2, -0.15) is 0 Å². The van der Waals surface area contributed by atoms with Crippen molar-refractivity contribution in [1.82, 2.24) is 4.90 Å². The second-order valence-electron chi connectivity index (χ2n) is 7.58. The van der Waals surface area contributed by atoms with Crippen molar-refractivity contribution in [2.45, 2.75) is 54.3 Å². The summed E-state index contributed by atoms with van der Waals surface area (Å²) in [6.07, 6.45) is 7.44. The van der Waals surface area contributed by atoms with E-state index in [4.69, 9.17) is 39.5 Å². The number of halogens is 3. The summed E-state index contributed by atoms with van der Waals surface area (Å²) in [4.78, 5) is 14.9. The second-order valence-corrected chi connectivity index (χ2v) is 10.1. The molecule has 0 spiro atoms. The largest absolute Gasteiger partial charge is 0.445 e. The third-order valence-electron chi connectivity index (χ3n) is 6.51. The summed E-state index contributed by atoms with van der Waals surface area (Å²) in [6, 6.07) is 8.58. The molecule has 1 saturated carbocycles. The zero-order valence-corrected chi connectivity index (χ0v) is 16.3. The Balaban J connectivity index is 1.74. The Hall–Kier alpha value is -0.640. The molecular formula is C19H22Cl3NO2. The fourth-order valence-corrected chi connectivity index (χ4v) is 5.76. The van der Waals surface area contributed by atoms with Gasteiger partial charge in [0.1, 0.15) is 6.61 Å². The first kappa shape index (κ1) is 17.8. The first-order valence-corrected chi connectivity index (χ1v) is 10.1. The number of fused-ring (bicyclic) bond motifs is 1. The second kappa shape index (κ2) is 6.21. The highest BCUT2D eigenvalue weighted by atomic mass is 35.6. The molecule has 0 N–H and O–H groups in total. The molecule has 1 saturated heterocycles. The van der Waals surface area contributed by atoms with E-state index < -0.39 is 3.79 Å². The highest BCUT2D eigenvalue weighted by molar-refractivity contribution is 6.67. The monoisotopic (exact) mass is 401 g/mol. The molecule has 0 bridgehead atoms. The number of rotatable bonds is 1. The van der Waals surface area contributed by atoms with Gasteiger partial charge in [-0.3, -0.25) is 4.90 Å². The van der Waals surface area contributed by atoms with Gasteiger partial charge in [-0.05, 0) is 43.2 Å². The normalized spacial score (nSPS) is 31.1. The number of aryl methyl sites for hydroxylation is 1. The molecule has 1 amide bonds. The highest BCUT2D eigenvalue weighted by Crippen LogP contribution is 2.64. The smallest absolute Gasteiger partial charge is 0.410 e. The summed E-state index contributed by atoms with van der Waals surface area (Å²) < 4.78 is 3.80. The number of carbonyl (C=O) groups is 1. The van der Waals surface area contributed by atoms with Gasteiger partial charge in [-0.25, -0.2) is 4.79 Å². The molecule has 25 heavy (non-hydrogen) atoms. The van der Waals surface area contributed by atoms with Crippen LogP contribution in [0.25, 0.3) is 0 Å². The predicted octanol–water partition coefficient (Wildman–Crippen LogP) is 5.60. The number of likely N-dealkylation sites (tertiary alicyclic amines) is 1. The molecular weight excluding hydrogens is 381 g/mol. The van der Waals surface area contributed by atoms with Crippen molar-refractivity contribution >= 4 is 40.9 Å². The quantitative estimate of drug-likeness (QED) is 0.572. The Labute approximate surface area is 163 Å². The number of nitrogens with zero attached hydrogens (tertiary/aromatic N) is 1. The molecule has 136 valence electrons. The van der Waals surface area contributed by atoms with E-state index in [9.17, 15) is 4.79 Å². The molecule has 1 aliphatic heterocycles. The van der Waals surface area contributed by atoms with Crippen molar-refractivity contribution < 1.29 is 9.53 Å². The molecule has 6 heteroatoms. The van der Waals surface area contributed by atoms with Crippen LogP contribution in [-0.4, -0.2) is 27.9 Å². The minimum atomic E-state index is -1.58. The van der Waals surface area contributed by atoms with E-state index in [1.165, 1.54) is 24.0 Å². The van der Waals surface area contributed by atoms with Crippen LogP contribution in [0.2, 0.25) is 0 Å². The maximum Gasteiger partial charge on any atom is 0.410 e. The van der Waals surface area contributed by atoms with Gasteiger partial charge in [0.05, 0.1) is 5.54 Å². The van der Waals surface area contributed by atoms with E-state index in [1.807, 2.05) is 4.90 Å². The van der Waals surface area contributed by atoms with Crippen molar-refractivity contribution in [3.63, 3.8) is 0 Å². The molecule has 1 heterocycles. The Kier molecular flexibility index (Phi) is 4.41. The lowest BCUT2D eigenvalue weighted by Crippen LogP contribution is -2.57. The van der Waals surface area contributed by atoms with Crippen molar-refractivity contribution in [2.75, 3.05) is 13.2 Å². The topological polar surface area (TPSA) is 29.5 Å². The molecule has 4 rings (SSSR count). The van der Waals surface area contributed by atoms with E-state index in [-0.39, 0.29) is 23.7 Å². The Morgan fingerprint density at radius 1 is 1.12 bits per heavy atom. The Bertz CT molecular complexity index is 689. The maximum atomic E-state index is 12.9. The summed E-state index contributed by atoms with van der Waals surface area (Å²) in [5.41, 5.74) is 2.58. The van der Waals surface area contributed by atoms with Crippen LogP contribution in [0.3, 0.4) is 0 Å². The highest BCUT2D eigenvalue weighted by Gasteiger charge is 2.64. The van der Waals surface area contributed by atoms with Gasteiger partial charge in [0, 0.05) is 12.0 Å². The van der Waals surface area contributed by atoms with Gasteiger partial charge in [0.15, 0.2) is 0 Å². The van der Waals surface area contributed by atoms with Gasteiger partial charge in [-0.1, -0.05) is 71.9 Å². The number of benzene rings is 1. The molecule has 0 aromatic heterocycles. The molecule has 1 aromatic rings. The van der Waals surface area contributed by atoms with E-state index in [0.717, 1.165) is 32.1 Å². The standard InChI is InChI=1S/C19H22Cl3NO2/c20-19(21,22)13-25-16(24)23-12-11-17-8-3-4-9-18(17,23)15-6-2-1-5-14(15)7-10-17/h1-2,5-6H,3-4,7-13H2. The third kappa shape index (κ3) is 2.74. The number of hydrogen-bond donors (Lipinski definition) is 0. The van der Waals surface area contributed by atoms with Gasteiger partial charge in [0.2, 0.25) is 3.79 Å². The van der Waals surface area contributed by atoms with Crippen LogP contribution in [0.4, 0.5) is 4.79 Å². The van der Waals surface area contributed by atoms with E-state index in [1.54, 1.807) is 0 Å². The number of ether oxygens (including phenoxy) is 1. The Morgan fingerprint density at radius 2 is 1.88 bits per heavy atom. The summed E-state index contributed by atoms with van der Waals surface area (Å²) in [7, 11) is 0. The number of amides is 1. The summed E-state index contributed by atoms with van der Waals surface area (Å²) in [6.45, 7) is 0.491. The first-order chi connectivity index (χ1) is 11.9. The van der Waals surface area contributed by atoms with Crippen molar-refractivity contribution in [2.24, 2.45) is 5.41 Å². The first-order valence-electron chi connectivity index (χ1n) is 8.98. The van der Waals surface area contributed by atoms with Crippen LogP contribution in [0, 0.1) is 5.41 Å². The Morgan fingerprint density at radius 3 is 2.68 bits per heavy atom. The summed E-state index contributed by atoms with van der Waals surface area (Å²) in [5, 5.41) is 0. The van der Waals surface area contributed by atoms with E-state index >= 15 is 0 Å². The molecule has 2 unspecified atom stereocenters.